The molecule has 1 N–H and O–H groups in total. The Bertz CT molecular complexity index is 753. The van der Waals surface area contributed by atoms with Crippen LogP contribution in [0.2, 0.25) is 0 Å². The van der Waals surface area contributed by atoms with E-state index >= 15 is 0 Å². The lowest BCUT2D eigenvalue weighted by atomic mass is 9.94. The van der Waals surface area contributed by atoms with E-state index < -0.39 is 0 Å². The fourth-order valence-corrected chi connectivity index (χ4v) is 5.13. The third-order valence-corrected chi connectivity index (χ3v) is 6.41. The molecular weight excluding hydrogens is 340 g/mol. The van der Waals surface area contributed by atoms with Gasteiger partial charge in [-0.3, -0.25) is 0 Å². The summed E-state index contributed by atoms with van der Waals surface area (Å²) in [6.07, 6.45) is 0.936. The number of anilines is 1. The van der Waals surface area contributed by atoms with Crippen LogP contribution in [0.5, 0.6) is 0 Å². The van der Waals surface area contributed by atoms with Crippen LogP contribution in [0.15, 0.2) is 5.16 Å². The van der Waals surface area contributed by atoms with E-state index in [0.29, 0.717) is 6.61 Å². The number of aromatic nitrogens is 2. The van der Waals surface area contributed by atoms with Crippen molar-refractivity contribution in [3.63, 3.8) is 0 Å². The Balaban J connectivity index is 1.88. The summed E-state index contributed by atoms with van der Waals surface area (Å²) in [7, 11) is 0. The second-order valence-corrected chi connectivity index (χ2v) is 9.22. The zero-order valence-electron chi connectivity index (χ0n) is 14.5. The number of hydrogen-bond acceptors (Lipinski definition) is 7. The number of thiophene rings is 1. The largest absolute Gasteiger partial charge is 0.370 e. The van der Waals surface area contributed by atoms with Crippen LogP contribution in [0.25, 0.3) is 10.2 Å². The molecule has 2 aliphatic heterocycles. The summed E-state index contributed by atoms with van der Waals surface area (Å²) in [5, 5.41) is 5.61. The molecule has 0 atom stereocenters. The topological polar surface area (TPSA) is 50.3 Å². The second-order valence-electron chi connectivity index (χ2n) is 6.91. The van der Waals surface area contributed by atoms with E-state index in [1.165, 1.54) is 15.8 Å². The fraction of sp³-hybridized carbons (Fsp3) is 0.647. The maximum Gasteiger partial charge on any atom is 0.190 e. The lowest BCUT2D eigenvalue weighted by molar-refractivity contribution is -0.0379. The van der Waals surface area contributed by atoms with Gasteiger partial charge in [0.15, 0.2) is 5.16 Å². The quantitative estimate of drug-likeness (QED) is 0.667. The first-order valence-electron chi connectivity index (χ1n) is 8.62. The highest BCUT2D eigenvalue weighted by Crippen LogP contribution is 2.42. The van der Waals surface area contributed by atoms with Crippen LogP contribution in [0.1, 0.15) is 31.2 Å². The first-order valence-corrected chi connectivity index (χ1v) is 10.4. The van der Waals surface area contributed by atoms with Gasteiger partial charge in [-0.15, -0.1) is 11.3 Å². The molecule has 0 spiro atoms. The molecule has 5 nitrogen and oxygen atoms in total. The van der Waals surface area contributed by atoms with Crippen LogP contribution in [0, 0.1) is 0 Å². The summed E-state index contributed by atoms with van der Waals surface area (Å²) < 4.78 is 6.02. The highest BCUT2D eigenvalue weighted by atomic mass is 32.2. The van der Waals surface area contributed by atoms with Crippen molar-refractivity contribution < 1.29 is 4.74 Å². The number of thioether (sulfide) groups is 1. The molecule has 0 amide bonds. The zero-order valence-corrected chi connectivity index (χ0v) is 16.1. The molecule has 2 aliphatic rings. The van der Waals surface area contributed by atoms with Crippen molar-refractivity contribution in [2.75, 3.05) is 36.8 Å². The minimum atomic E-state index is -0.113. The Hall–Kier alpha value is -0.890. The van der Waals surface area contributed by atoms with Crippen LogP contribution in [0.4, 0.5) is 5.82 Å². The van der Waals surface area contributed by atoms with Crippen LogP contribution >= 0.6 is 23.1 Å². The van der Waals surface area contributed by atoms with Gasteiger partial charge >= 0.3 is 0 Å². The Labute approximate surface area is 151 Å². The molecule has 0 aliphatic carbocycles. The highest BCUT2D eigenvalue weighted by Gasteiger charge is 2.32. The van der Waals surface area contributed by atoms with Crippen LogP contribution < -0.4 is 10.2 Å². The predicted molar refractivity (Wildman–Crippen MR) is 101 cm³/mol. The van der Waals surface area contributed by atoms with E-state index in [-0.39, 0.29) is 5.60 Å². The Morgan fingerprint density at radius 1 is 1.29 bits per heavy atom. The summed E-state index contributed by atoms with van der Waals surface area (Å²) in [5.74, 6) is 2.13. The van der Waals surface area contributed by atoms with E-state index in [0.717, 1.165) is 54.2 Å². The van der Waals surface area contributed by atoms with Gasteiger partial charge in [-0.05, 0) is 25.2 Å². The highest BCUT2D eigenvalue weighted by molar-refractivity contribution is 7.99. The molecule has 0 aromatic carbocycles. The molecule has 1 fully saturated rings. The average Bonchev–Trinajstić information content (AvgIpc) is 2.92. The third-order valence-electron chi connectivity index (χ3n) is 4.58. The zero-order chi connectivity index (χ0) is 16.7. The van der Waals surface area contributed by atoms with E-state index in [9.17, 15) is 0 Å². The molecule has 2 aromatic rings. The van der Waals surface area contributed by atoms with E-state index in [4.69, 9.17) is 14.7 Å². The van der Waals surface area contributed by atoms with Gasteiger partial charge < -0.3 is 15.0 Å². The molecule has 2 aromatic heterocycles. The first kappa shape index (κ1) is 16.6. The lowest BCUT2D eigenvalue weighted by Crippen LogP contribution is -2.44. The Kier molecular flexibility index (Phi) is 4.45. The maximum absolute atomic E-state index is 6.02. The number of ether oxygens (including phenoxy) is 1. The van der Waals surface area contributed by atoms with Gasteiger partial charge in [0, 0.05) is 37.5 Å². The van der Waals surface area contributed by atoms with Crippen molar-refractivity contribution in [3.05, 3.63) is 10.4 Å². The number of nitrogens with one attached hydrogen (secondary N) is 1. The van der Waals surface area contributed by atoms with Gasteiger partial charge in [-0.25, -0.2) is 9.97 Å². The second kappa shape index (κ2) is 6.44. The fourth-order valence-electron chi connectivity index (χ4n) is 3.41. The molecule has 4 rings (SSSR count). The number of hydrogen-bond donors (Lipinski definition) is 1. The Morgan fingerprint density at radius 2 is 2.08 bits per heavy atom. The van der Waals surface area contributed by atoms with Crippen molar-refractivity contribution >= 4 is 39.1 Å². The van der Waals surface area contributed by atoms with Crippen molar-refractivity contribution in [2.24, 2.45) is 0 Å². The summed E-state index contributed by atoms with van der Waals surface area (Å²) in [5.41, 5.74) is 1.30. The minimum absolute atomic E-state index is 0.113. The molecule has 7 heteroatoms. The maximum atomic E-state index is 6.02. The van der Waals surface area contributed by atoms with Gasteiger partial charge in [0.1, 0.15) is 10.6 Å². The van der Waals surface area contributed by atoms with Gasteiger partial charge in [0.2, 0.25) is 0 Å². The van der Waals surface area contributed by atoms with E-state index in [1.807, 2.05) is 0 Å². The summed E-state index contributed by atoms with van der Waals surface area (Å²) in [4.78, 5) is 14.7. The normalized spacial score (nSPS) is 20.4. The minimum Gasteiger partial charge on any atom is -0.370 e. The van der Waals surface area contributed by atoms with Gasteiger partial charge in [0.05, 0.1) is 17.6 Å². The smallest absolute Gasteiger partial charge is 0.190 e. The summed E-state index contributed by atoms with van der Waals surface area (Å²) in [6.45, 7) is 11.2. The van der Waals surface area contributed by atoms with Crippen LogP contribution in [0.3, 0.4) is 0 Å². The molecule has 0 radical (unpaired) electrons. The summed E-state index contributed by atoms with van der Waals surface area (Å²) >= 11 is 3.51. The lowest BCUT2D eigenvalue weighted by Gasteiger charge is -2.32. The molecule has 0 saturated carbocycles. The molecular formula is C17H24N4OS2. The van der Waals surface area contributed by atoms with Gasteiger partial charge in [-0.2, -0.15) is 0 Å². The standard InChI is InChI=1S/C17H24N4OS2/c1-4-23-16-19-14(21-7-5-18-6-8-21)13-11-9-17(2,3)22-10-12(11)24-15(13)20-16/h18H,4-10H2,1-3H3. The van der Waals surface area contributed by atoms with Crippen molar-refractivity contribution in [1.29, 1.82) is 0 Å². The third kappa shape index (κ3) is 3.03. The molecule has 1 saturated heterocycles. The SMILES string of the molecule is CCSc1nc(N2CCNCC2)c2c3c(sc2n1)COC(C)(C)C3. The van der Waals surface area contributed by atoms with Crippen molar-refractivity contribution in [1.82, 2.24) is 15.3 Å². The van der Waals surface area contributed by atoms with Crippen LogP contribution in [-0.2, 0) is 17.8 Å². The molecule has 4 heterocycles. The number of piperazine rings is 1. The number of fused-ring (bicyclic) bond motifs is 3. The average molecular weight is 365 g/mol. The van der Waals surface area contributed by atoms with Crippen LogP contribution in [-0.4, -0.2) is 47.5 Å². The van der Waals surface area contributed by atoms with Crippen molar-refractivity contribution in [3.8, 4) is 0 Å². The Morgan fingerprint density at radius 3 is 2.83 bits per heavy atom. The van der Waals surface area contributed by atoms with E-state index in [2.05, 4.69) is 31.0 Å². The van der Waals surface area contributed by atoms with Gasteiger partial charge in [0.25, 0.3) is 0 Å². The predicted octanol–water partition coefficient (Wildman–Crippen LogP) is 3.06. The number of nitrogens with zero attached hydrogens (tertiary/aromatic N) is 3. The first-order chi connectivity index (χ1) is 11.6. The summed E-state index contributed by atoms with van der Waals surface area (Å²) in [6, 6.07) is 0. The van der Waals surface area contributed by atoms with E-state index in [1.54, 1.807) is 23.1 Å². The van der Waals surface area contributed by atoms with Crippen molar-refractivity contribution in [2.45, 2.75) is 44.6 Å². The monoisotopic (exact) mass is 364 g/mol. The molecule has 130 valence electrons. The molecule has 24 heavy (non-hydrogen) atoms. The molecule has 0 unspecified atom stereocenters. The van der Waals surface area contributed by atoms with Gasteiger partial charge in [-0.1, -0.05) is 18.7 Å². The number of rotatable bonds is 3. The molecule has 0 bridgehead atoms.